The van der Waals surface area contributed by atoms with E-state index in [0.29, 0.717) is 22.7 Å². The minimum atomic E-state index is -0.489. The lowest BCUT2D eigenvalue weighted by atomic mass is 10.1. The zero-order chi connectivity index (χ0) is 17.4. The zero-order valence-corrected chi connectivity index (χ0v) is 13.5. The number of nitro benzene ring substituents is 1. The van der Waals surface area contributed by atoms with Crippen LogP contribution in [-0.2, 0) is 0 Å². The molecule has 7 heteroatoms. The molecular formula is C17H16N4O3. The van der Waals surface area contributed by atoms with E-state index in [1.54, 1.807) is 30.5 Å². The molecule has 3 rings (SSSR count). The van der Waals surface area contributed by atoms with Crippen molar-refractivity contribution in [2.45, 2.75) is 20.8 Å². The maximum absolute atomic E-state index is 12.7. The van der Waals surface area contributed by atoms with Gasteiger partial charge in [-0.1, -0.05) is 6.07 Å². The number of amides is 1. The molecule has 0 atom stereocenters. The Morgan fingerprint density at radius 3 is 2.67 bits per heavy atom. The van der Waals surface area contributed by atoms with E-state index in [1.807, 2.05) is 19.1 Å². The van der Waals surface area contributed by atoms with Gasteiger partial charge in [0.15, 0.2) is 0 Å². The summed E-state index contributed by atoms with van der Waals surface area (Å²) in [5, 5.41) is 13.7. The van der Waals surface area contributed by atoms with Gasteiger partial charge in [-0.3, -0.25) is 19.3 Å². The number of nitrogens with one attached hydrogen (secondary N) is 1. The predicted molar refractivity (Wildman–Crippen MR) is 90.5 cm³/mol. The standard InChI is InChI=1S/C17H16N4O3/c1-10-6-7-20-15(8-10)18-12(3)16(20)17(22)19-14-9-13(21(23)24)5-4-11(14)2/h4-9H,1-3H3,(H,19,22). The molecule has 0 saturated heterocycles. The van der Waals surface area contributed by atoms with Crippen LogP contribution in [0.4, 0.5) is 11.4 Å². The maximum Gasteiger partial charge on any atom is 0.274 e. The van der Waals surface area contributed by atoms with Crippen molar-refractivity contribution in [1.82, 2.24) is 9.38 Å². The van der Waals surface area contributed by atoms with Crippen molar-refractivity contribution >= 4 is 22.9 Å². The number of hydrogen-bond donors (Lipinski definition) is 1. The van der Waals surface area contributed by atoms with E-state index >= 15 is 0 Å². The number of imidazole rings is 1. The van der Waals surface area contributed by atoms with Gasteiger partial charge in [-0.2, -0.15) is 0 Å². The molecule has 1 aromatic carbocycles. The van der Waals surface area contributed by atoms with Crippen LogP contribution in [0.25, 0.3) is 5.65 Å². The number of non-ortho nitro benzene ring substituents is 1. The molecule has 0 aliphatic rings. The maximum atomic E-state index is 12.7. The van der Waals surface area contributed by atoms with Crippen molar-refractivity contribution in [2.75, 3.05) is 5.32 Å². The topological polar surface area (TPSA) is 89.5 Å². The Hall–Kier alpha value is -3.22. The summed E-state index contributed by atoms with van der Waals surface area (Å²) < 4.78 is 1.71. The van der Waals surface area contributed by atoms with E-state index in [1.165, 1.54) is 12.1 Å². The number of carbonyl (C=O) groups is 1. The fraction of sp³-hybridized carbons (Fsp3) is 0.176. The lowest BCUT2D eigenvalue weighted by Gasteiger charge is -2.09. The molecule has 0 aliphatic heterocycles. The summed E-state index contributed by atoms with van der Waals surface area (Å²) >= 11 is 0. The normalized spacial score (nSPS) is 10.8. The van der Waals surface area contributed by atoms with E-state index in [2.05, 4.69) is 10.3 Å². The second-order valence-electron chi connectivity index (χ2n) is 5.69. The molecule has 1 amide bonds. The predicted octanol–water partition coefficient (Wildman–Crippen LogP) is 3.42. The lowest BCUT2D eigenvalue weighted by molar-refractivity contribution is -0.384. The Bertz CT molecular complexity index is 975. The van der Waals surface area contributed by atoms with Gasteiger partial charge in [0, 0.05) is 18.3 Å². The van der Waals surface area contributed by atoms with Crippen LogP contribution in [0.1, 0.15) is 27.3 Å². The van der Waals surface area contributed by atoms with Crippen molar-refractivity contribution in [1.29, 1.82) is 0 Å². The SMILES string of the molecule is Cc1ccn2c(C(=O)Nc3cc([N+](=O)[O-])ccc3C)c(C)nc2c1. The molecule has 2 aromatic heterocycles. The molecule has 122 valence electrons. The quantitative estimate of drug-likeness (QED) is 0.590. The number of aromatic nitrogens is 2. The molecule has 0 saturated carbocycles. The number of hydrogen-bond acceptors (Lipinski definition) is 4. The van der Waals surface area contributed by atoms with Crippen molar-refractivity contribution < 1.29 is 9.72 Å². The van der Waals surface area contributed by atoms with Gasteiger partial charge >= 0.3 is 0 Å². The van der Waals surface area contributed by atoms with Gasteiger partial charge in [0.05, 0.1) is 16.3 Å². The Morgan fingerprint density at radius 1 is 1.21 bits per heavy atom. The van der Waals surface area contributed by atoms with E-state index in [-0.39, 0.29) is 11.6 Å². The second-order valence-corrected chi connectivity index (χ2v) is 5.69. The number of carbonyl (C=O) groups excluding carboxylic acids is 1. The molecule has 0 bridgehead atoms. The summed E-state index contributed by atoms with van der Waals surface area (Å²) in [6.07, 6.45) is 1.79. The smallest absolute Gasteiger partial charge is 0.274 e. The molecular weight excluding hydrogens is 308 g/mol. The Kier molecular flexibility index (Phi) is 3.76. The highest BCUT2D eigenvalue weighted by atomic mass is 16.6. The molecule has 0 fully saturated rings. The Morgan fingerprint density at radius 2 is 1.96 bits per heavy atom. The summed E-state index contributed by atoms with van der Waals surface area (Å²) in [5.74, 6) is -0.354. The highest BCUT2D eigenvalue weighted by molar-refractivity contribution is 6.05. The Labute approximate surface area is 138 Å². The van der Waals surface area contributed by atoms with Gasteiger partial charge in [0.25, 0.3) is 11.6 Å². The van der Waals surface area contributed by atoms with Crippen LogP contribution < -0.4 is 5.32 Å². The first-order valence-electron chi connectivity index (χ1n) is 7.38. The van der Waals surface area contributed by atoms with Crippen LogP contribution in [0.2, 0.25) is 0 Å². The largest absolute Gasteiger partial charge is 0.320 e. The number of rotatable bonds is 3. The molecule has 2 heterocycles. The fourth-order valence-electron chi connectivity index (χ4n) is 2.58. The fourth-order valence-corrected chi connectivity index (χ4v) is 2.58. The third-order valence-corrected chi connectivity index (χ3v) is 3.85. The van der Waals surface area contributed by atoms with Gasteiger partial charge in [-0.25, -0.2) is 4.98 Å². The number of fused-ring (bicyclic) bond motifs is 1. The number of anilines is 1. The lowest BCUT2D eigenvalue weighted by Crippen LogP contribution is -2.16. The van der Waals surface area contributed by atoms with Crippen LogP contribution in [0.3, 0.4) is 0 Å². The molecule has 0 spiro atoms. The van der Waals surface area contributed by atoms with Gasteiger partial charge < -0.3 is 5.32 Å². The van der Waals surface area contributed by atoms with Crippen molar-refractivity contribution in [3.05, 3.63) is 69.2 Å². The summed E-state index contributed by atoms with van der Waals surface area (Å²) in [5.41, 5.74) is 3.84. The number of nitrogens with zero attached hydrogens (tertiary/aromatic N) is 3. The molecule has 0 unspecified atom stereocenters. The van der Waals surface area contributed by atoms with E-state index in [0.717, 1.165) is 11.1 Å². The highest BCUT2D eigenvalue weighted by Gasteiger charge is 2.18. The first kappa shape index (κ1) is 15.7. The molecule has 3 aromatic rings. The summed E-state index contributed by atoms with van der Waals surface area (Å²) in [4.78, 5) is 27.5. The van der Waals surface area contributed by atoms with Crippen LogP contribution >= 0.6 is 0 Å². The van der Waals surface area contributed by atoms with Crippen LogP contribution in [-0.4, -0.2) is 20.2 Å². The van der Waals surface area contributed by atoms with E-state index in [9.17, 15) is 14.9 Å². The number of pyridine rings is 1. The molecule has 0 aliphatic carbocycles. The average Bonchev–Trinajstić information content (AvgIpc) is 2.84. The van der Waals surface area contributed by atoms with E-state index < -0.39 is 4.92 Å². The van der Waals surface area contributed by atoms with Gasteiger partial charge in [-0.15, -0.1) is 0 Å². The van der Waals surface area contributed by atoms with Gasteiger partial charge in [0.2, 0.25) is 0 Å². The number of aryl methyl sites for hydroxylation is 3. The van der Waals surface area contributed by atoms with E-state index in [4.69, 9.17) is 0 Å². The third kappa shape index (κ3) is 2.71. The van der Waals surface area contributed by atoms with Crippen molar-refractivity contribution in [2.24, 2.45) is 0 Å². The first-order chi connectivity index (χ1) is 11.4. The van der Waals surface area contributed by atoms with Crippen LogP contribution in [0.15, 0.2) is 36.5 Å². The minimum Gasteiger partial charge on any atom is -0.320 e. The summed E-state index contributed by atoms with van der Waals surface area (Å²) in [7, 11) is 0. The molecule has 24 heavy (non-hydrogen) atoms. The van der Waals surface area contributed by atoms with Crippen LogP contribution in [0, 0.1) is 30.9 Å². The zero-order valence-electron chi connectivity index (χ0n) is 13.5. The van der Waals surface area contributed by atoms with Crippen molar-refractivity contribution in [3.8, 4) is 0 Å². The molecule has 0 radical (unpaired) electrons. The minimum absolute atomic E-state index is 0.0682. The summed E-state index contributed by atoms with van der Waals surface area (Å²) in [6.45, 7) is 5.50. The number of nitro groups is 1. The third-order valence-electron chi connectivity index (χ3n) is 3.85. The highest BCUT2D eigenvalue weighted by Crippen LogP contribution is 2.23. The van der Waals surface area contributed by atoms with Gasteiger partial charge in [-0.05, 0) is 44.0 Å². The second kappa shape index (κ2) is 5.77. The Balaban J connectivity index is 2.01. The number of benzene rings is 1. The first-order valence-corrected chi connectivity index (χ1v) is 7.38. The monoisotopic (exact) mass is 324 g/mol. The molecule has 1 N–H and O–H groups in total. The van der Waals surface area contributed by atoms with Gasteiger partial charge in [0.1, 0.15) is 11.3 Å². The molecule has 7 nitrogen and oxygen atoms in total. The van der Waals surface area contributed by atoms with Crippen LogP contribution in [0.5, 0.6) is 0 Å². The summed E-state index contributed by atoms with van der Waals surface area (Å²) in [6, 6.07) is 8.16. The van der Waals surface area contributed by atoms with Crippen molar-refractivity contribution in [3.63, 3.8) is 0 Å². The average molecular weight is 324 g/mol.